The van der Waals surface area contributed by atoms with Gasteiger partial charge in [-0.25, -0.2) is 8.78 Å². The number of aryl methyl sites for hydroxylation is 1. The van der Waals surface area contributed by atoms with Gasteiger partial charge < -0.3 is 5.73 Å². The Bertz CT molecular complexity index is 582. The number of nitrogen functional groups attached to an aromatic ring is 1. The molecule has 0 atom stereocenters. The van der Waals surface area contributed by atoms with Crippen LogP contribution in [0.25, 0.3) is 11.1 Å². The number of benzene rings is 2. The lowest BCUT2D eigenvalue weighted by molar-refractivity contribution is 0.628. The zero-order valence-corrected chi connectivity index (χ0v) is 9.85. The second-order valence-corrected chi connectivity index (χ2v) is 4.20. The summed E-state index contributed by atoms with van der Waals surface area (Å²) in [5.74, 6) is -1.03. The van der Waals surface area contributed by atoms with Crippen molar-refractivity contribution in [2.45, 2.75) is 6.92 Å². The fraction of sp³-hybridized carbons (Fsp3) is 0.0769. The summed E-state index contributed by atoms with van der Waals surface area (Å²) in [4.78, 5) is 0. The third-order valence-electron chi connectivity index (χ3n) is 2.59. The maximum Gasteiger partial charge on any atom is 0.149 e. The molecule has 0 saturated carbocycles. The molecule has 4 heteroatoms. The van der Waals surface area contributed by atoms with Crippen LogP contribution in [0.1, 0.15) is 5.56 Å². The summed E-state index contributed by atoms with van der Waals surface area (Å²) in [6, 6.07) is 7.38. The van der Waals surface area contributed by atoms with Gasteiger partial charge in [-0.3, -0.25) is 0 Å². The largest absolute Gasteiger partial charge is 0.396 e. The maximum atomic E-state index is 13.8. The van der Waals surface area contributed by atoms with Crippen LogP contribution in [-0.4, -0.2) is 0 Å². The predicted molar refractivity (Wildman–Crippen MR) is 66.0 cm³/mol. The molecular weight excluding hydrogens is 244 g/mol. The van der Waals surface area contributed by atoms with Crippen LogP contribution in [-0.2, 0) is 0 Å². The Morgan fingerprint density at radius 2 is 1.82 bits per heavy atom. The molecule has 1 nitrogen and oxygen atoms in total. The Labute approximate surface area is 103 Å². The molecule has 0 heterocycles. The zero-order chi connectivity index (χ0) is 12.6. The Morgan fingerprint density at radius 1 is 1.12 bits per heavy atom. The molecule has 2 rings (SSSR count). The molecule has 88 valence electrons. The van der Waals surface area contributed by atoms with Crippen LogP contribution in [0.3, 0.4) is 0 Å². The van der Waals surface area contributed by atoms with E-state index in [4.69, 9.17) is 17.3 Å². The molecule has 0 saturated heterocycles. The second-order valence-electron chi connectivity index (χ2n) is 3.79. The molecule has 0 aromatic heterocycles. The van der Waals surface area contributed by atoms with E-state index >= 15 is 0 Å². The minimum Gasteiger partial charge on any atom is -0.396 e. The lowest BCUT2D eigenvalue weighted by Gasteiger charge is -2.10. The van der Waals surface area contributed by atoms with Gasteiger partial charge in [-0.1, -0.05) is 23.7 Å². The van der Waals surface area contributed by atoms with Crippen molar-refractivity contribution in [1.29, 1.82) is 0 Å². The van der Waals surface area contributed by atoms with Crippen molar-refractivity contribution in [3.8, 4) is 11.1 Å². The Hall–Kier alpha value is -1.61. The van der Waals surface area contributed by atoms with Crippen molar-refractivity contribution in [1.82, 2.24) is 0 Å². The van der Waals surface area contributed by atoms with Gasteiger partial charge in [0, 0.05) is 5.56 Å². The van der Waals surface area contributed by atoms with Crippen LogP contribution >= 0.6 is 11.6 Å². The van der Waals surface area contributed by atoms with Crippen LogP contribution in [0.5, 0.6) is 0 Å². The number of anilines is 1. The van der Waals surface area contributed by atoms with E-state index in [2.05, 4.69) is 0 Å². The van der Waals surface area contributed by atoms with Gasteiger partial charge in [0.25, 0.3) is 0 Å². The van der Waals surface area contributed by atoms with Crippen LogP contribution in [0.4, 0.5) is 14.5 Å². The molecule has 0 aliphatic rings. The average molecular weight is 254 g/mol. The van der Waals surface area contributed by atoms with Gasteiger partial charge in [-0.2, -0.15) is 0 Å². The lowest BCUT2D eigenvalue weighted by atomic mass is 9.99. The summed E-state index contributed by atoms with van der Waals surface area (Å²) in [5, 5.41) is 0.0322. The highest BCUT2D eigenvalue weighted by molar-refractivity contribution is 6.31. The first-order valence-corrected chi connectivity index (χ1v) is 5.38. The molecule has 0 spiro atoms. The summed E-state index contributed by atoms with van der Waals surface area (Å²) in [5.41, 5.74) is 6.95. The van der Waals surface area contributed by atoms with Gasteiger partial charge in [0.05, 0.1) is 10.7 Å². The third kappa shape index (κ3) is 2.11. The van der Waals surface area contributed by atoms with E-state index < -0.39 is 11.6 Å². The Balaban J connectivity index is 2.69. The summed E-state index contributed by atoms with van der Waals surface area (Å²) in [7, 11) is 0. The van der Waals surface area contributed by atoms with E-state index in [1.165, 1.54) is 18.2 Å². The molecule has 2 aromatic carbocycles. The summed E-state index contributed by atoms with van der Waals surface area (Å²) >= 11 is 5.71. The minimum absolute atomic E-state index is 0.00928. The molecule has 0 unspecified atom stereocenters. The van der Waals surface area contributed by atoms with Crippen molar-refractivity contribution in [2.75, 3.05) is 5.73 Å². The van der Waals surface area contributed by atoms with Crippen LogP contribution in [0.2, 0.25) is 5.02 Å². The SMILES string of the molecule is Cc1cc(F)c(N)cc1-c1cccc(Cl)c1F. The quantitative estimate of drug-likeness (QED) is 0.758. The van der Waals surface area contributed by atoms with Crippen molar-refractivity contribution >= 4 is 17.3 Å². The predicted octanol–water partition coefficient (Wildman–Crippen LogP) is 4.18. The highest BCUT2D eigenvalue weighted by atomic mass is 35.5. The van der Waals surface area contributed by atoms with E-state index in [0.29, 0.717) is 16.7 Å². The van der Waals surface area contributed by atoms with Gasteiger partial charge in [0.1, 0.15) is 11.6 Å². The molecule has 17 heavy (non-hydrogen) atoms. The first kappa shape index (κ1) is 11.9. The fourth-order valence-electron chi connectivity index (χ4n) is 1.69. The molecule has 0 bridgehead atoms. The second kappa shape index (κ2) is 4.34. The molecule has 0 aliphatic carbocycles. The molecule has 0 radical (unpaired) electrons. The molecule has 0 aliphatic heterocycles. The standard InChI is InChI=1S/C13H10ClF2N/c1-7-5-11(15)12(17)6-9(7)8-3-2-4-10(14)13(8)16/h2-6H,17H2,1H3. The zero-order valence-electron chi connectivity index (χ0n) is 9.10. The average Bonchev–Trinajstić information content (AvgIpc) is 2.28. The van der Waals surface area contributed by atoms with E-state index in [1.54, 1.807) is 19.1 Å². The topological polar surface area (TPSA) is 26.0 Å². The Morgan fingerprint density at radius 3 is 2.53 bits per heavy atom. The number of hydrogen-bond donors (Lipinski definition) is 1. The number of rotatable bonds is 1. The fourth-order valence-corrected chi connectivity index (χ4v) is 1.87. The minimum atomic E-state index is -0.525. The molecule has 0 fully saturated rings. The highest BCUT2D eigenvalue weighted by Crippen LogP contribution is 2.32. The van der Waals surface area contributed by atoms with Gasteiger partial charge in [-0.15, -0.1) is 0 Å². The highest BCUT2D eigenvalue weighted by Gasteiger charge is 2.12. The monoisotopic (exact) mass is 253 g/mol. The lowest BCUT2D eigenvalue weighted by Crippen LogP contribution is -1.95. The van der Waals surface area contributed by atoms with Crippen molar-refractivity contribution in [3.63, 3.8) is 0 Å². The van der Waals surface area contributed by atoms with Crippen LogP contribution in [0.15, 0.2) is 30.3 Å². The third-order valence-corrected chi connectivity index (χ3v) is 2.88. The maximum absolute atomic E-state index is 13.8. The van der Waals surface area contributed by atoms with Gasteiger partial charge in [-0.05, 0) is 36.2 Å². The summed E-state index contributed by atoms with van der Waals surface area (Å²) in [6.45, 7) is 1.69. The van der Waals surface area contributed by atoms with Crippen molar-refractivity contribution in [2.24, 2.45) is 0 Å². The smallest absolute Gasteiger partial charge is 0.149 e. The number of nitrogens with two attached hydrogens (primary N) is 1. The molecule has 2 aromatic rings. The van der Waals surface area contributed by atoms with Crippen molar-refractivity contribution < 1.29 is 8.78 Å². The van der Waals surface area contributed by atoms with Crippen LogP contribution < -0.4 is 5.73 Å². The van der Waals surface area contributed by atoms with Gasteiger partial charge >= 0.3 is 0 Å². The van der Waals surface area contributed by atoms with Crippen molar-refractivity contribution in [3.05, 3.63) is 52.6 Å². The molecular formula is C13H10ClF2N. The van der Waals surface area contributed by atoms with E-state index in [-0.39, 0.29) is 10.7 Å². The number of hydrogen-bond acceptors (Lipinski definition) is 1. The van der Waals surface area contributed by atoms with E-state index in [1.807, 2.05) is 0 Å². The van der Waals surface area contributed by atoms with E-state index in [0.717, 1.165) is 0 Å². The van der Waals surface area contributed by atoms with Gasteiger partial charge in [0.15, 0.2) is 0 Å². The molecule has 0 amide bonds. The molecule has 2 N–H and O–H groups in total. The Kier molecular flexibility index (Phi) is 3.03. The first-order chi connectivity index (χ1) is 8.00. The first-order valence-electron chi connectivity index (χ1n) is 5.00. The van der Waals surface area contributed by atoms with E-state index in [9.17, 15) is 8.78 Å². The normalized spacial score (nSPS) is 10.6. The van der Waals surface area contributed by atoms with Crippen LogP contribution in [0, 0.1) is 18.6 Å². The van der Waals surface area contributed by atoms with Gasteiger partial charge in [0.2, 0.25) is 0 Å². The summed E-state index contributed by atoms with van der Waals surface area (Å²) < 4.78 is 27.0. The number of halogens is 3. The summed E-state index contributed by atoms with van der Waals surface area (Å²) in [6.07, 6.45) is 0.